The maximum Gasteiger partial charge on any atom is 0.294 e. The first-order valence-electron chi connectivity index (χ1n) is 8.41. The molecule has 1 saturated heterocycles. The number of hydrogen-bond acceptors (Lipinski definition) is 7. The number of ether oxygens (including phenoxy) is 1. The van der Waals surface area contributed by atoms with E-state index in [2.05, 4.69) is 5.32 Å². The number of non-ortho nitro benzene ring substituents is 1. The Kier molecular flexibility index (Phi) is 6.38. The molecular formula is C19H14ClN3O6S. The van der Waals surface area contributed by atoms with Crippen molar-refractivity contribution in [3.8, 4) is 5.75 Å². The van der Waals surface area contributed by atoms with E-state index in [1.54, 1.807) is 18.2 Å². The van der Waals surface area contributed by atoms with Crippen LogP contribution in [-0.4, -0.2) is 40.5 Å². The van der Waals surface area contributed by atoms with Crippen LogP contribution in [0.15, 0.2) is 47.4 Å². The summed E-state index contributed by atoms with van der Waals surface area (Å²) in [5, 5.41) is 13.1. The lowest BCUT2D eigenvalue weighted by Crippen LogP contribution is -2.36. The first-order chi connectivity index (χ1) is 14.3. The van der Waals surface area contributed by atoms with Crippen LogP contribution in [0.1, 0.15) is 5.56 Å². The normalized spacial score (nSPS) is 14.9. The summed E-state index contributed by atoms with van der Waals surface area (Å²) < 4.78 is 5.03. The highest BCUT2D eigenvalue weighted by atomic mass is 35.5. The number of amides is 3. The summed E-state index contributed by atoms with van der Waals surface area (Å²) in [6.07, 6.45) is 1.37. The van der Waals surface area contributed by atoms with Crippen LogP contribution in [0.3, 0.4) is 0 Å². The van der Waals surface area contributed by atoms with Crippen molar-refractivity contribution in [2.45, 2.75) is 0 Å². The number of carbonyl (C=O) groups is 3. The van der Waals surface area contributed by atoms with Gasteiger partial charge in [-0.1, -0.05) is 23.7 Å². The van der Waals surface area contributed by atoms with Crippen molar-refractivity contribution in [3.05, 3.63) is 68.1 Å². The van der Waals surface area contributed by atoms with Crippen molar-refractivity contribution < 1.29 is 24.0 Å². The Balaban J connectivity index is 1.70. The Bertz CT molecular complexity index is 1090. The molecule has 0 spiro atoms. The molecule has 154 valence electrons. The van der Waals surface area contributed by atoms with Gasteiger partial charge in [-0.2, -0.15) is 0 Å². The molecule has 0 atom stereocenters. The average molecular weight is 448 g/mol. The topological polar surface area (TPSA) is 119 Å². The second-order valence-corrected chi connectivity index (χ2v) is 7.42. The van der Waals surface area contributed by atoms with Gasteiger partial charge in [0.1, 0.15) is 12.3 Å². The van der Waals surface area contributed by atoms with Gasteiger partial charge in [0.15, 0.2) is 0 Å². The van der Waals surface area contributed by atoms with Gasteiger partial charge in [0.2, 0.25) is 5.91 Å². The molecule has 0 aliphatic carbocycles. The zero-order chi connectivity index (χ0) is 21.8. The van der Waals surface area contributed by atoms with Crippen LogP contribution in [0.4, 0.5) is 16.2 Å². The SMILES string of the molecule is COc1ccc(NC(=O)CN2C(=O)S/C(=C/c3cccc([N+](=O)[O-])c3)C2=O)cc1Cl. The predicted molar refractivity (Wildman–Crippen MR) is 112 cm³/mol. The van der Waals surface area contributed by atoms with Gasteiger partial charge in [-0.05, 0) is 41.6 Å². The number of nitro groups is 1. The fraction of sp³-hybridized carbons (Fsp3) is 0.105. The third-order valence-corrected chi connectivity index (χ3v) is 5.19. The van der Waals surface area contributed by atoms with E-state index in [-0.39, 0.29) is 10.6 Å². The molecule has 1 aliphatic rings. The highest BCUT2D eigenvalue weighted by molar-refractivity contribution is 8.18. The number of anilines is 1. The van der Waals surface area contributed by atoms with Crippen LogP contribution in [-0.2, 0) is 9.59 Å². The van der Waals surface area contributed by atoms with E-state index in [0.717, 1.165) is 4.90 Å². The summed E-state index contributed by atoms with van der Waals surface area (Å²) in [6, 6.07) is 10.3. The quantitative estimate of drug-likeness (QED) is 0.404. The molecule has 11 heteroatoms. The van der Waals surface area contributed by atoms with Crippen LogP contribution in [0.25, 0.3) is 6.08 Å². The molecule has 0 aromatic heterocycles. The molecule has 9 nitrogen and oxygen atoms in total. The maximum absolute atomic E-state index is 12.5. The zero-order valence-electron chi connectivity index (χ0n) is 15.5. The number of hydrogen-bond donors (Lipinski definition) is 1. The van der Waals surface area contributed by atoms with E-state index < -0.39 is 28.5 Å². The van der Waals surface area contributed by atoms with Crippen LogP contribution >= 0.6 is 23.4 Å². The zero-order valence-corrected chi connectivity index (χ0v) is 17.0. The number of nitro benzene ring substituents is 1. The summed E-state index contributed by atoms with van der Waals surface area (Å²) in [6.45, 7) is -0.486. The first-order valence-corrected chi connectivity index (χ1v) is 9.61. The molecule has 0 radical (unpaired) electrons. The molecule has 0 unspecified atom stereocenters. The predicted octanol–water partition coefficient (Wildman–Crippen LogP) is 3.93. The minimum atomic E-state index is -0.653. The lowest BCUT2D eigenvalue weighted by molar-refractivity contribution is -0.384. The number of nitrogens with one attached hydrogen (secondary N) is 1. The van der Waals surface area contributed by atoms with Crippen LogP contribution in [0.5, 0.6) is 5.75 Å². The van der Waals surface area contributed by atoms with Crippen molar-refractivity contribution in [1.82, 2.24) is 4.90 Å². The van der Waals surface area contributed by atoms with Crippen molar-refractivity contribution in [3.63, 3.8) is 0 Å². The third-order valence-electron chi connectivity index (χ3n) is 3.99. The molecular weight excluding hydrogens is 434 g/mol. The van der Waals surface area contributed by atoms with E-state index in [9.17, 15) is 24.5 Å². The Labute approximate surface area is 179 Å². The number of methoxy groups -OCH3 is 1. The van der Waals surface area contributed by atoms with Crippen molar-refractivity contribution in [2.24, 2.45) is 0 Å². The standard InChI is InChI=1S/C19H14ClN3O6S/c1-29-15-6-5-12(9-14(15)20)21-17(24)10-22-18(25)16(30-19(22)26)8-11-3-2-4-13(7-11)23(27)28/h2-9H,10H2,1H3,(H,21,24)/b16-8+. The minimum absolute atomic E-state index is 0.0702. The van der Waals surface area contributed by atoms with E-state index >= 15 is 0 Å². The monoisotopic (exact) mass is 447 g/mol. The first kappa shape index (κ1) is 21.3. The smallest absolute Gasteiger partial charge is 0.294 e. The number of thioether (sulfide) groups is 1. The summed E-state index contributed by atoms with van der Waals surface area (Å²) >= 11 is 6.67. The maximum atomic E-state index is 12.5. The second-order valence-electron chi connectivity index (χ2n) is 6.02. The average Bonchev–Trinajstić information content (AvgIpc) is 2.95. The van der Waals surface area contributed by atoms with Gasteiger partial charge < -0.3 is 10.1 Å². The number of rotatable bonds is 6. The number of halogens is 1. The Morgan fingerprint density at radius 1 is 1.30 bits per heavy atom. The van der Waals surface area contributed by atoms with Crippen LogP contribution in [0, 0.1) is 10.1 Å². The summed E-state index contributed by atoms with van der Waals surface area (Å²) in [5.41, 5.74) is 0.637. The fourth-order valence-electron chi connectivity index (χ4n) is 2.60. The summed E-state index contributed by atoms with van der Waals surface area (Å²) in [7, 11) is 1.46. The van der Waals surface area contributed by atoms with Crippen molar-refractivity contribution >= 4 is 57.9 Å². The van der Waals surface area contributed by atoms with Gasteiger partial charge in [0.25, 0.3) is 16.8 Å². The number of nitrogens with zero attached hydrogens (tertiary/aromatic N) is 2. The van der Waals surface area contributed by atoms with E-state index in [1.165, 1.54) is 37.5 Å². The molecule has 2 aromatic rings. The van der Waals surface area contributed by atoms with Gasteiger partial charge in [-0.25, -0.2) is 0 Å². The number of benzene rings is 2. The van der Waals surface area contributed by atoms with Gasteiger partial charge in [-0.3, -0.25) is 29.4 Å². The van der Waals surface area contributed by atoms with E-state index in [0.29, 0.717) is 33.8 Å². The van der Waals surface area contributed by atoms with Gasteiger partial charge in [-0.15, -0.1) is 0 Å². The Hall–Kier alpha value is -3.37. The Morgan fingerprint density at radius 3 is 2.73 bits per heavy atom. The highest BCUT2D eigenvalue weighted by Crippen LogP contribution is 2.33. The molecule has 3 amide bonds. The van der Waals surface area contributed by atoms with E-state index in [4.69, 9.17) is 16.3 Å². The lowest BCUT2D eigenvalue weighted by atomic mass is 10.2. The number of carbonyl (C=O) groups excluding carboxylic acids is 3. The van der Waals surface area contributed by atoms with Crippen LogP contribution < -0.4 is 10.1 Å². The van der Waals surface area contributed by atoms with Gasteiger partial charge >= 0.3 is 0 Å². The molecule has 3 rings (SSSR count). The fourth-order valence-corrected chi connectivity index (χ4v) is 3.70. The van der Waals surface area contributed by atoms with Crippen molar-refractivity contribution in [2.75, 3.05) is 19.0 Å². The largest absolute Gasteiger partial charge is 0.495 e. The molecule has 1 N–H and O–H groups in total. The molecule has 2 aromatic carbocycles. The Morgan fingerprint density at radius 2 is 2.07 bits per heavy atom. The molecule has 1 heterocycles. The molecule has 30 heavy (non-hydrogen) atoms. The molecule has 1 fully saturated rings. The summed E-state index contributed by atoms with van der Waals surface area (Å²) in [5.74, 6) is -0.804. The molecule has 1 aliphatic heterocycles. The van der Waals surface area contributed by atoms with Gasteiger partial charge in [0.05, 0.1) is 22.0 Å². The summed E-state index contributed by atoms with van der Waals surface area (Å²) in [4.78, 5) is 48.2. The second kappa shape index (κ2) is 8.97. The minimum Gasteiger partial charge on any atom is -0.495 e. The number of imide groups is 1. The third kappa shape index (κ3) is 4.78. The van der Waals surface area contributed by atoms with Gasteiger partial charge in [0, 0.05) is 17.8 Å². The highest BCUT2D eigenvalue weighted by Gasteiger charge is 2.36. The lowest BCUT2D eigenvalue weighted by Gasteiger charge is -2.13. The van der Waals surface area contributed by atoms with Crippen molar-refractivity contribution in [1.29, 1.82) is 0 Å². The molecule has 0 bridgehead atoms. The van der Waals surface area contributed by atoms with Crippen LogP contribution in [0.2, 0.25) is 5.02 Å². The van der Waals surface area contributed by atoms with E-state index in [1.807, 2.05) is 0 Å². The molecule has 0 saturated carbocycles.